The number of aliphatic hydroxyl groups excluding tert-OH is 2. The second-order valence-corrected chi connectivity index (χ2v) is 11.5. The zero-order chi connectivity index (χ0) is 19.6. The Labute approximate surface area is 164 Å². The van der Waals surface area contributed by atoms with Gasteiger partial charge in [0, 0.05) is 48.2 Å². The molecule has 0 radical (unpaired) electrons. The Kier molecular flexibility index (Phi) is 2.55. The monoisotopic (exact) mass is 387 g/mol. The molecule has 6 nitrogen and oxygen atoms in total. The Morgan fingerprint density at radius 3 is 2.71 bits per heavy atom. The van der Waals surface area contributed by atoms with Crippen molar-refractivity contribution in [3.63, 3.8) is 0 Å². The van der Waals surface area contributed by atoms with E-state index in [0.29, 0.717) is 24.8 Å². The van der Waals surface area contributed by atoms with Crippen molar-refractivity contribution in [3.05, 3.63) is 12.2 Å². The highest BCUT2D eigenvalue weighted by Crippen LogP contribution is 2.88. The normalized spacial score (nSPS) is 69.3. The van der Waals surface area contributed by atoms with E-state index < -0.39 is 29.1 Å². The van der Waals surface area contributed by atoms with Crippen LogP contribution in [-0.4, -0.2) is 68.7 Å². The van der Waals surface area contributed by atoms with Crippen LogP contribution < -0.4 is 0 Å². The lowest BCUT2D eigenvalue weighted by atomic mass is 9.39. The molecule has 5 unspecified atom stereocenters. The van der Waals surface area contributed by atoms with E-state index >= 15 is 0 Å². The highest BCUT2D eigenvalue weighted by atomic mass is 16.5. The number of piperidine rings is 2. The molecule has 6 aliphatic carbocycles. The fraction of sp³-hybridized carbons (Fsp3) is 0.864. The average Bonchev–Trinajstić information content (AvgIpc) is 2.97. The van der Waals surface area contributed by atoms with E-state index in [2.05, 4.69) is 18.4 Å². The Balaban J connectivity index is 1.49. The van der Waals surface area contributed by atoms with Crippen LogP contribution in [-0.2, 0) is 9.53 Å². The van der Waals surface area contributed by atoms with Crippen LogP contribution in [0.4, 0.5) is 0 Å². The van der Waals surface area contributed by atoms with Crippen LogP contribution >= 0.6 is 0 Å². The number of carbonyl (C=O) groups excluding carboxylic acids is 1. The predicted molar refractivity (Wildman–Crippen MR) is 97.9 cm³/mol. The standard InChI is InChI=1S/C22H29NO5/c1-9-4-20-7-12-15-19(3)5-11(28-10(2)24)6-21(15)16(20)14(25)13(9)17(26)22(20,27)18(21)23(12)8-19/h11-18,25-27H,1,4-8H2,2-3H3/t11-,12-,13?,14+,15+,16+,17?,18?,19-,20?,21-,22-/m0/s1. The number of carbonyl (C=O) groups is 1. The zero-order valence-electron chi connectivity index (χ0n) is 16.5. The van der Waals surface area contributed by atoms with Gasteiger partial charge in [0.25, 0.3) is 0 Å². The van der Waals surface area contributed by atoms with Gasteiger partial charge in [0.2, 0.25) is 0 Å². The maximum absolute atomic E-state index is 12.2. The lowest BCUT2D eigenvalue weighted by Gasteiger charge is -2.67. The minimum atomic E-state index is -1.20. The molecule has 9 rings (SSSR count). The molecule has 0 aromatic rings. The fourth-order valence-corrected chi connectivity index (χ4v) is 11.0. The van der Waals surface area contributed by atoms with Gasteiger partial charge in [-0.2, -0.15) is 0 Å². The molecule has 6 saturated carbocycles. The van der Waals surface area contributed by atoms with Crippen molar-refractivity contribution in [2.45, 2.75) is 75.5 Å². The predicted octanol–water partition coefficient (Wildman–Crippen LogP) is 0.450. The van der Waals surface area contributed by atoms with Crippen molar-refractivity contribution in [3.8, 4) is 0 Å². The van der Waals surface area contributed by atoms with Gasteiger partial charge >= 0.3 is 5.97 Å². The summed E-state index contributed by atoms with van der Waals surface area (Å²) >= 11 is 0. The quantitative estimate of drug-likeness (QED) is 0.447. The summed E-state index contributed by atoms with van der Waals surface area (Å²) in [5.74, 6) is -0.379. The number of ether oxygens (including phenoxy) is 1. The number of hydrogen-bond acceptors (Lipinski definition) is 6. The number of aliphatic hydroxyl groups is 3. The Morgan fingerprint density at radius 2 is 2.00 bits per heavy atom. The first-order valence-electron chi connectivity index (χ1n) is 10.8. The van der Waals surface area contributed by atoms with E-state index in [0.717, 1.165) is 25.0 Å². The molecule has 9 bridgehead atoms. The maximum Gasteiger partial charge on any atom is 0.302 e. The largest absolute Gasteiger partial charge is 0.463 e. The molecule has 0 aromatic carbocycles. The molecule has 6 heteroatoms. The number of fused-ring (bicyclic) bond motifs is 1. The van der Waals surface area contributed by atoms with Gasteiger partial charge in [0.15, 0.2) is 0 Å². The number of rotatable bonds is 1. The highest BCUT2D eigenvalue weighted by Gasteiger charge is 2.94. The van der Waals surface area contributed by atoms with Crippen molar-refractivity contribution in [1.82, 2.24) is 4.90 Å². The molecule has 3 heterocycles. The maximum atomic E-state index is 12.2. The van der Waals surface area contributed by atoms with Crippen LogP contribution in [0.15, 0.2) is 12.2 Å². The lowest BCUT2D eigenvalue weighted by Crippen LogP contribution is -2.76. The van der Waals surface area contributed by atoms with E-state index in [1.807, 2.05) is 0 Å². The van der Waals surface area contributed by atoms with Crippen LogP contribution in [0.5, 0.6) is 0 Å². The Morgan fingerprint density at radius 1 is 1.25 bits per heavy atom. The first kappa shape index (κ1) is 16.8. The smallest absolute Gasteiger partial charge is 0.302 e. The molecule has 28 heavy (non-hydrogen) atoms. The summed E-state index contributed by atoms with van der Waals surface area (Å²) in [6.07, 6.45) is 1.27. The molecule has 2 spiro atoms. The molecule has 9 fully saturated rings. The molecule has 152 valence electrons. The van der Waals surface area contributed by atoms with Crippen LogP contribution in [0.25, 0.3) is 0 Å². The van der Waals surface area contributed by atoms with Crippen molar-refractivity contribution in [2.75, 3.05) is 6.54 Å². The Hall–Kier alpha value is -0.950. The van der Waals surface area contributed by atoms with E-state index in [9.17, 15) is 20.1 Å². The minimum absolute atomic E-state index is 0.0237. The molecule has 13 atom stereocenters. The van der Waals surface area contributed by atoms with Gasteiger partial charge in [0.05, 0.1) is 12.2 Å². The molecule has 0 aromatic heterocycles. The SMILES string of the molecule is C=C1CC23C[C@H]4[C@@H]5[C@@]6(C)C[C@H](OC(C)=O)C[C@]57C(N4C6)[C@@]2(O)C(O)C1[C@@H](O)[C@H]37. The second kappa shape index (κ2) is 4.25. The van der Waals surface area contributed by atoms with Gasteiger partial charge in [-0.15, -0.1) is 0 Å². The third-order valence-corrected chi connectivity index (χ3v) is 10.6. The summed E-state index contributed by atoms with van der Waals surface area (Å²) in [6, 6.07) is 0.245. The summed E-state index contributed by atoms with van der Waals surface area (Å²) < 4.78 is 5.75. The van der Waals surface area contributed by atoms with Crippen LogP contribution in [0.3, 0.4) is 0 Å². The van der Waals surface area contributed by atoms with E-state index in [-0.39, 0.29) is 34.9 Å². The van der Waals surface area contributed by atoms with Gasteiger partial charge in [-0.05, 0) is 37.0 Å². The molecular formula is C22H29NO5. The fourth-order valence-electron chi connectivity index (χ4n) is 11.0. The zero-order valence-corrected chi connectivity index (χ0v) is 16.5. The van der Waals surface area contributed by atoms with Crippen LogP contribution in [0.2, 0.25) is 0 Å². The van der Waals surface area contributed by atoms with E-state index in [1.54, 1.807) is 0 Å². The van der Waals surface area contributed by atoms with Gasteiger partial charge < -0.3 is 20.1 Å². The van der Waals surface area contributed by atoms with Crippen molar-refractivity contribution in [1.29, 1.82) is 0 Å². The third kappa shape index (κ3) is 1.26. The van der Waals surface area contributed by atoms with Crippen LogP contribution in [0, 0.1) is 34.0 Å². The van der Waals surface area contributed by atoms with Crippen molar-refractivity contribution >= 4 is 5.97 Å². The minimum Gasteiger partial charge on any atom is -0.463 e. The first-order chi connectivity index (χ1) is 13.1. The summed E-state index contributed by atoms with van der Waals surface area (Å²) in [5.41, 5.74) is -1.07. The summed E-state index contributed by atoms with van der Waals surface area (Å²) in [7, 11) is 0. The van der Waals surface area contributed by atoms with Gasteiger partial charge in [-0.25, -0.2) is 0 Å². The highest BCUT2D eigenvalue weighted by molar-refractivity contribution is 5.66. The molecule has 3 saturated heterocycles. The average molecular weight is 387 g/mol. The molecule has 3 aliphatic heterocycles. The number of esters is 1. The topological polar surface area (TPSA) is 90.2 Å². The van der Waals surface area contributed by atoms with E-state index in [1.165, 1.54) is 6.92 Å². The van der Waals surface area contributed by atoms with Crippen LogP contribution in [0.1, 0.15) is 39.5 Å². The Bertz CT molecular complexity index is 860. The first-order valence-corrected chi connectivity index (χ1v) is 10.8. The molecule has 9 aliphatic rings. The van der Waals surface area contributed by atoms with Crippen molar-refractivity contribution < 1.29 is 24.9 Å². The van der Waals surface area contributed by atoms with Gasteiger partial charge in [-0.1, -0.05) is 19.1 Å². The lowest BCUT2D eigenvalue weighted by molar-refractivity contribution is -0.280. The van der Waals surface area contributed by atoms with Crippen molar-refractivity contribution in [2.24, 2.45) is 34.0 Å². The van der Waals surface area contributed by atoms with Gasteiger partial charge in [-0.3, -0.25) is 9.69 Å². The summed E-state index contributed by atoms with van der Waals surface area (Å²) in [4.78, 5) is 14.3. The van der Waals surface area contributed by atoms with E-state index in [4.69, 9.17) is 4.74 Å². The molecule has 3 N–H and O–H groups in total. The summed E-state index contributed by atoms with van der Waals surface area (Å²) in [5, 5.41) is 35.1. The number of hydrogen-bond donors (Lipinski definition) is 3. The number of nitrogens with zero attached hydrogens (tertiary/aromatic N) is 1. The summed E-state index contributed by atoms with van der Waals surface area (Å²) in [6.45, 7) is 8.85. The molecule has 0 amide bonds. The molecular weight excluding hydrogens is 358 g/mol. The second-order valence-electron chi connectivity index (χ2n) is 11.5. The van der Waals surface area contributed by atoms with Gasteiger partial charge in [0.1, 0.15) is 11.7 Å². The third-order valence-electron chi connectivity index (χ3n) is 10.6.